The largest absolute Gasteiger partial charge is 0.341 e. The van der Waals surface area contributed by atoms with Gasteiger partial charge >= 0.3 is 0 Å². The van der Waals surface area contributed by atoms with Crippen LogP contribution >= 0.6 is 39.1 Å². The molecule has 0 saturated carbocycles. The molecule has 2 N–H and O–H groups in total. The standard InChI is InChI=1S/C12H6BrCl2N5O/c13-6-1-5(2-7(14)3-6)11(21)20-12-18-9(15)8-10(19-12)17-4-16-8/h1-4H,(H2,16,17,18,19,20,21). The number of carbonyl (C=O) groups excluding carboxylic acids is 1. The van der Waals surface area contributed by atoms with Gasteiger partial charge < -0.3 is 4.98 Å². The SMILES string of the molecule is O=C(Nc1nc(Cl)c2[nH]cnc2n1)c1cc(Cl)cc(Br)c1. The first-order valence-corrected chi connectivity index (χ1v) is 7.22. The summed E-state index contributed by atoms with van der Waals surface area (Å²) in [6.07, 6.45) is 1.45. The summed E-state index contributed by atoms with van der Waals surface area (Å²) in [5.41, 5.74) is 1.26. The maximum absolute atomic E-state index is 12.2. The Morgan fingerprint density at radius 2 is 2.05 bits per heavy atom. The highest BCUT2D eigenvalue weighted by molar-refractivity contribution is 9.10. The molecule has 6 nitrogen and oxygen atoms in total. The number of hydrogen-bond acceptors (Lipinski definition) is 4. The zero-order valence-electron chi connectivity index (χ0n) is 10.2. The molecule has 3 rings (SSSR count). The molecule has 0 radical (unpaired) electrons. The fraction of sp³-hybridized carbons (Fsp3) is 0. The summed E-state index contributed by atoms with van der Waals surface area (Å²) in [7, 11) is 0. The van der Waals surface area contributed by atoms with Crippen molar-refractivity contribution in [3.8, 4) is 0 Å². The van der Waals surface area contributed by atoms with Crippen LogP contribution in [0.3, 0.4) is 0 Å². The Morgan fingerprint density at radius 3 is 2.81 bits per heavy atom. The molecule has 3 aromatic rings. The second kappa shape index (κ2) is 5.59. The Kier molecular flexibility index (Phi) is 3.79. The number of benzene rings is 1. The van der Waals surface area contributed by atoms with Crippen molar-refractivity contribution in [2.45, 2.75) is 0 Å². The van der Waals surface area contributed by atoms with Crippen LogP contribution in [-0.4, -0.2) is 25.8 Å². The molecule has 106 valence electrons. The lowest BCUT2D eigenvalue weighted by Crippen LogP contribution is -2.14. The highest BCUT2D eigenvalue weighted by Gasteiger charge is 2.13. The van der Waals surface area contributed by atoms with Crippen LogP contribution in [0.1, 0.15) is 10.4 Å². The maximum Gasteiger partial charge on any atom is 0.258 e. The number of rotatable bonds is 2. The molecular weight excluding hydrogens is 381 g/mol. The minimum Gasteiger partial charge on any atom is -0.341 e. The highest BCUT2D eigenvalue weighted by Crippen LogP contribution is 2.21. The average Bonchev–Trinajstić information content (AvgIpc) is 2.86. The van der Waals surface area contributed by atoms with E-state index in [-0.39, 0.29) is 11.1 Å². The molecule has 0 aliphatic rings. The summed E-state index contributed by atoms with van der Waals surface area (Å²) in [4.78, 5) is 27.0. The number of amides is 1. The number of nitrogens with zero attached hydrogens (tertiary/aromatic N) is 3. The smallest absolute Gasteiger partial charge is 0.258 e. The van der Waals surface area contributed by atoms with Gasteiger partial charge in [0.1, 0.15) is 5.52 Å². The molecule has 21 heavy (non-hydrogen) atoms. The molecule has 0 unspecified atom stereocenters. The van der Waals surface area contributed by atoms with Crippen LogP contribution in [0.5, 0.6) is 0 Å². The number of hydrogen-bond donors (Lipinski definition) is 2. The van der Waals surface area contributed by atoms with E-state index in [4.69, 9.17) is 23.2 Å². The topological polar surface area (TPSA) is 83.6 Å². The van der Waals surface area contributed by atoms with E-state index in [0.717, 1.165) is 0 Å². The first-order valence-electron chi connectivity index (χ1n) is 5.67. The Morgan fingerprint density at radius 1 is 1.24 bits per heavy atom. The monoisotopic (exact) mass is 385 g/mol. The minimum absolute atomic E-state index is 0.0701. The van der Waals surface area contributed by atoms with Gasteiger partial charge in [0.2, 0.25) is 5.95 Å². The summed E-state index contributed by atoms with van der Waals surface area (Å²) in [6, 6.07) is 4.85. The fourth-order valence-electron chi connectivity index (χ4n) is 1.71. The van der Waals surface area contributed by atoms with E-state index in [1.165, 1.54) is 12.4 Å². The van der Waals surface area contributed by atoms with Gasteiger partial charge in [0.15, 0.2) is 10.8 Å². The van der Waals surface area contributed by atoms with Crippen LogP contribution in [0.25, 0.3) is 11.2 Å². The zero-order valence-corrected chi connectivity index (χ0v) is 13.3. The average molecular weight is 387 g/mol. The number of halogens is 3. The molecule has 0 bridgehead atoms. The van der Waals surface area contributed by atoms with Crippen molar-refractivity contribution in [1.29, 1.82) is 0 Å². The Hall–Kier alpha value is -1.70. The first kappa shape index (κ1) is 14.2. The van der Waals surface area contributed by atoms with Gasteiger partial charge in [0.05, 0.1) is 6.33 Å². The van der Waals surface area contributed by atoms with Crippen LogP contribution in [0.15, 0.2) is 29.0 Å². The molecule has 9 heteroatoms. The first-order chi connectivity index (χ1) is 10.0. The number of carbonyl (C=O) groups is 1. The third-order valence-corrected chi connectivity index (χ3v) is 3.54. The minimum atomic E-state index is -0.399. The van der Waals surface area contributed by atoms with Gasteiger partial charge in [0.25, 0.3) is 5.91 Å². The van der Waals surface area contributed by atoms with E-state index in [1.807, 2.05) is 0 Å². The molecule has 2 heterocycles. The Bertz CT molecular complexity index is 831. The van der Waals surface area contributed by atoms with Crippen LogP contribution in [-0.2, 0) is 0 Å². The number of aromatic amines is 1. The normalized spacial score (nSPS) is 10.8. The van der Waals surface area contributed by atoms with E-state index in [9.17, 15) is 4.79 Å². The molecule has 0 saturated heterocycles. The van der Waals surface area contributed by atoms with Crippen molar-refractivity contribution >= 4 is 62.2 Å². The number of H-pyrrole nitrogens is 1. The number of imidazole rings is 1. The van der Waals surface area contributed by atoms with Crippen molar-refractivity contribution in [3.63, 3.8) is 0 Å². The van der Waals surface area contributed by atoms with E-state index in [0.29, 0.717) is 26.2 Å². The zero-order chi connectivity index (χ0) is 15.0. The van der Waals surface area contributed by atoms with Gasteiger partial charge in [-0.15, -0.1) is 0 Å². The summed E-state index contributed by atoms with van der Waals surface area (Å²) in [5.74, 6) is -0.329. The Balaban J connectivity index is 1.92. The van der Waals surface area contributed by atoms with Gasteiger partial charge in [-0.05, 0) is 18.2 Å². The van der Waals surface area contributed by atoms with Gasteiger partial charge in [-0.3, -0.25) is 10.1 Å². The summed E-state index contributed by atoms with van der Waals surface area (Å²) >= 11 is 15.2. The van der Waals surface area contributed by atoms with Crippen molar-refractivity contribution in [2.24, 2.45) is 0 Å². The number of anilines is 1. The van der Waals surface area contributed by atoms with Crippen molar-refractivity contribution in [2.75, 3.05) is 5.32 Å². The van der Waals surface area contributed by atoms with Crippen LogP contribution in [0.2, 0.25) is 10.2 Å². The molecule has 0 fully saturated rings. The van der Waals surface area contributed by atoms with Gasteiger partial charge in [0, 0.05) is 15.1 Å². The predicted molar refractivity (Wildman–Crippen MR) is 83.8 cm³/mol. The predicted octanol–water partition coefficient (Wildman–Crippen LogP) is 3.67. The second-order valence-corrected chi connectivity index (χ2v) is 5.76. The summed E-state index contributed by atoms with van der Waals surface area (Å²) < 4.78 is 0.696. The van der Waals surface area contributed by atoms with Gasteiger partial charge in [-0.2, -0.15) is 9.97 Å². The molecule has 1 amide bonds. The van der Waals surface area contributed by atoms with Gasteiger partial charge in [-0.25, -0.2) is 4.98 Å². The van der Waals surface area contributed by atoms with Gasteiger partial charge in [-0.1, -0.05) is 39.1 Å². The number of nitrogens with one attached hydrogen (secondary N) is 2. The number of aromatic nitrogens is 4. The molecular formula is C12H6BrCl2N5O. The van der Waals surface area contributed by atoms with Crippen molar-refractivity contribution < 1.29 is 4.79 Å². The molecule has 0 atom stereocenters. The third-order valence-electron chi connectivity index (χ3n) is 2.59. The van der Waals surface area contributed by atoms with Crippen LogP contribution < -0.4 is 5.32 Å². The third kappa shape index (κ3) is 2.99. The molecule has 0 aliphatic carbocycles. The van der Waals surface area contributed by atoms with Crippen molar-refractivity contribution in [1.82, 2.24) is 19.9 Å². The molecule has 2 aromatic heterocycles. The molecule has 0 spiro atoms. The van der Waals surface area contributed by atoms with E-state index in [2.05, 4.69) is 41.2 Å². The lowest BCUT2D eigenvalue weighted by molar-refractivity contribution is 0.102. The van der Waals surface area contributed by atoms with E-state index < -0.39 is 5.91 Å². The number of fused-ring (bicyclic) bond motifs is 1. The quantitative estimate of drug-likeness (QED) is 0.658. The lowest BCUT2D eigenvalue weighted by atomic mass is 10.2. The summed E-state index contributed by atoms with van der Waals surface area (Å²) in [6.45, 7) is 0. The maximum atomic E-state index is 12.2. The highest BCUT2D eigenvalue weighted by atomic mass is 79.9. The molecule has 0 aliphatic heterocycles. The summed E-state index contributed by atoms with van der Waals surface area (Å²) in [5, 5.41) is 3.18. The fourth-order valence-corrected chi connectivity index (χ4v) is 2.79. The Labute approximate surface area is 137 Å². The van der Waals surface area contributed by atoms with E-state index >= 15 is 0 Å². The van der Waals surface area contributed by atoms with E-state index in [1.54, 1.807) is 12.1 Å². The van der Waals surface area contributed by atoms with Crippen molar-refractivity contribution in [3.05, 3.63) is 44.7 Å². The second-order valence-electron chi connectivity index (χ2n) is 4.05. The molecule has 1 aromatic carbocycles. The lowest BCUT2D eigenvalue weighted by Gasteiger charge is -2.05. The van der Waals surface area contributed by atoms with Crippen LogP contribution in [0, 0.1) is 0 Å². The van der Waals surface area contributed by atoms with Crippen LogP contribution in [0.4, 0.5) is 5.95 Å².